The molecule has 3 aromatic carbocycles. The first-order valence-corrected chi connectivity index (χ1v) is 16.9. The number of benzene rings is 3. The number of ether oxygens (including phenoxy) is 2. The van der Waals surface area contributed by atoms with Gasteiger partial charge in [0.25, 0.3) is 0 Å². The van der Waals surface area contributed by atoms with Gasteiger partial charge in [0.05, 0.1) is 12.1 Å². The summed E-state index contributed by atoms with van der Waals surface area (Å²) in [7, 11) is 5.05. The third-order valence-electron chi connectivity index (χ3n) is 8.73. The van der Waals surface area contributed by atoms with E-state index in [-0.39, 0.29) is 37.5 Å². The van der Waals surface area contributed by atoms with E-state index in [1.165, 1.54) is 9.80 Å². The van der Waals surface area contributed by atoms with Crippen LogP contribution >= 0.6 is 0 Å². The van der Waals surface area contributed by atoms with Gasteiger partial charge in [0.15, 0.2) is 0 Å². The van der Waals surface area contributed by atoms with Crippen molar-refractivity contribution in [3.05, 3.63) is 83.9 Å². The highest BCUT2D eigenvalue weighted by atomic mass is 16.6. The summed E-state index contributed by atoms with van der Waals surface area (Å²) in [6.07, 6.45) is 1.91. The molecule has 0 aromatic heterocycles. The van der Waals surface area contributed by atoms with Gasteiger partial charge in [0, 0.05) is 40.0 Å². The highest BCUT2D eigenvalue weighted by Gasteiger charge is 2.39. The number of hydrogen-bond donors (Lipinski definition) is 1. The molecule has 0 spiro atoms. The zero-order valence-corrected chi connectivity index (χ0v) is 30.2. The summed E-state index contributed by atoms with van der Waals surface area (Å²) in [4.78, 5) is 59.1. The minimum Gasteiger partial charge on any atom is -0.444 e. The summed E-state index contributed by atoms with van der Waals surface area (Å²) in [6, 6.07) is 22.2. The number of nitrogens with one attached hydrogen (secondary N) is 1. The molecule has 4 rings (SSSR count). The lowest BCUT2D eigenvalue weighted by molar-refractivity contribution is -0.151. The standard InChI is InChI=1S/C39H52N4O6/c1-38(2,3)49-37(47)40-39(4,5)26-48-25-34(44)42(7)32(24-28-18-19-29-16-12-13-17-30(29)22-28)36(46)43(8)33(23-27-14-10-9-11-15-27)35(45)41(6)31-20-21-31/h9-19,22,31-33H,20-21,23-26H2,1-8H3,(H,40,47)/t32-,33-/m1/s1. The number of hydrogen-bond acceptors (Lipinski definition) is 6. The van der Waals surface area contributed by atoms with Gasteiger partial charge in [-0.15, -0.1) is 0 Å². The molecular formula is C39H52N4O6. The number of carbonyl (C=O) groups excluding carboxylic acids is 4. The third kappa shape index (κ3) is 10.8. The molecule has 1 N–H and O–H groups in total. The highest BCUT2D eigenvalue weighted by molar-refractivity contribution is 5.93. The van der Waals surface area contributed by atoms with Gasteiger partial charge in [0.2, 0.25) is 17.7 Å². The van der Waals surface area contributed by atoms with Gasteiger partial charge in [-0.25, -0.2) is 4.79 Å². The topological polar surface area (TPSA) is 108 Å². The van der Waals surface area contributed by atoms with Gasteiger partial charge < -0.3 is 29.5 Å². The number of nitrogens with zero attached hydrogens (tertiary/aromatic N) is 3. The Kier molecular flexibility index (Phi) is 12.1. The lowest BCUT2D eigenvalue weighted by Crippen LogP contribution is -2.56. The second kappa shape index (κ2) is 15.8. The summed E-state index contributed by atoms with van der Waals surface area (Å²) < 4.78 is 11.2. The number of likely N-dealkylation sites (N-methyl/N-ethyl adjacent to an activating group) is 3. The Hall–Kier alpha value is -4.44. The Bertz CT molecular complexity index is 1610. The number of carbonyl (C=O) groups is 4. The molecule has 264 valence electrons. The van der Waals surface area contributed by atoms with Gasteiger partial charge in [-0.1, -0.05) is 72.8 Å². The number of fused-ring (bicyclic) bond motifs is 1. The van der Waals surface area contributed by atoms with Crippen LogP contribution in [0.2, 0.25) is 0 Å². The molecule has 10 heteroatoms. The molecule has 1 saturated carbocycles. The third-order valence-corrected chi connectivity index (χ3v) is 8.73. The Labute approximate surface area is 290 Å². The fourth-order valence-electron chi connectivity index (χ4n) is 5.76. The van der Waals surface area contributed by atoms with Crippen LogP contribution in [0.25, 0.3) is 10.8 Å². The summed E-state index contributed by atoms with van der Waals surface area (Å²) >= 11 is 0. The van der Waals surface area contributed by atoms with Crippen molar-refractivity contribution in [2.45, 2.75) is 89.6 Å². The maximum Gasteiger partial charge on any atom is 0.408 e. The van der Waals surface area contributed by atoms with Crippen LogP contribution in [-0.2, 0) is 36.7 Å². The van der Waals surface area contributed by atoms with Crippen molar-refractivity contribution in [1.29, 1.82) is 0 Å². The molecule has 0 bridgehead atoms. The van der Waals surface area contributed by atoms with Crippen molar-refractivity contribution in [3.63, 3.8) is 0 Å². The van der Waals surface area contributed by atoms with E-state index >= 15 is 0 Å². The van der Waals surface area contributed by atoms with Crippen LogP contribution in [0.1, 0.15) is 58.6 Å². The molecule has 0 aliphatic heterocycles. The van der Waals surface area contributed by atoms with Gasteiger partial charge >= 0.3 is 6.09 Å². The SMILES string of the molecule is CN(C(=O)[C@@H](Cc1ccccc1)N(C)C(=O)[C@@H](Cc1ccc2ccccc2c1)N(C)C(=O)COCC(C)(C)NC(=O)OC(C)(C)C)C1CC1. The van der Waals surface area contributed by atoms with Crippen LogP contribution in [0.3, 0.4) is 0 Å². The van der Waals surface area contributed by atoms with E-state index in [1.54, 1.807) is 60.7 Å². The van der Waals surface area contributed by atoms with E-state index in [4.69, 9.17) is 9.47 Å². The molecule has 0 radical (unpaired) electrons. The van der Waals surface area contributed by atoms with Crippen LogP contribution in [0.4, 0.5) is 4.79 Å². The van der Waals surface area contributed by atoms with Crippen LogP contribution < -0.4 is 5.32 Å². The largest absolute Gasteiger partial charge is 0.444 e. The van der Waals surface area contributed by atoms with Crippen molar-refractivity contribution >= 4 is 34.6 Å². The zero-order chi connectivity index (χ0) is 35.9. The number of rotatable bonds is 14. The summed E-state index contributed by atoms with van der Waals surface area (Å²) in [5.41, 5.74) is 0.351. The first-order valence-electron chi connectivity index (χ1n) is 16.9. The van der Waals surface area contributed by atoms with Crippen LogP contribution in [0.15, 0.2) is 72.8 Å². The minimum atomic E-state index is -0.910. The first-order chi connectivity index (χ1) is 23.0. The number of alkyl carbamates (subject to hydrolysis) is 1. The minimum absolute atomic E-state index is 0.0379. The fourth-order valence-corrected chi connectivity index (χ4v) is 5.76. The molecule has 0 heterocycles. The van der Waals surface area contributed by atoms with E-state index in [1.807, 2.05) is 72.8 Å². The van der Waals surface area contributed by atoms with Crippen LogP contribution in [0.5, 0.6) is 0 Å². The normalized spacial score (nSPS) is 14.4. The maximum atomic E-state index is 14.5. The van der Waals surface area contributed by atoms with E-state index in [0.717, 1.165) is 34.7 Å². The van der Waals surface area contributed by atoms with Crippen molar-refractivity contribution in [1.82, 2.24) is 20.0 Å². The van der Waals surface area contributed by atoms with Gasteiger partial charge in [-0.2, -0.15) is 0 Å². The quantitative estimate of drug-likeness (QED) is 0.252. The van der Waals surface area contributed by atoms with E-state index in [0.29, 0.717) is 6.42 Å². The van der Waals surface area contributed by atoms with Crippen molar-refractivity contribution in [2.24, 2.45) is 0 Å². The second-order valence-corrected chi connectivity index (χ2v) is 14.7. The predicted molar refractivity (Wildman–Crippen MR) is 191 cm³/mol. The Balaban J connectivity index is 1.55. The Morgan fingerprint density at radius 3 is 1.98 bits per heavy atom. The van der Waals surface area contributed by atoms with Gasteiger partial charge in [0.1, 0.15) is 24.3 Å². The zero-order valence-electron chi connectivity index (χ0n) is 30.2. The van der Waals surface area contributed by atoms with E-state index < -0.39 is 35.2 Å². The lowest BCUT2D eigenvalue weighted by Gasteiger charge is -2.36. The molecule has 1 fully saturated rings. The molecule has 1 aliphatic rings. The molecule has 49 heavy (non-hydrogen) atoms. The second-order valence-electron chi connectivity index (χ2n) is 14.7. The summed E-state index contributed by atoms with van der Waals surface area (Å²) in [5.74, 6) is -0.861. The molecule has 0 unspecified atom stereocenters. The first kappa shape index (κ1) is 37.4. The van der Waals surface area contributed by atoms with Gasteiger partial charge in [-0.3, -0.25) is 14.4 Å². The van der Waals surface area contributed by atoms with Crippen molar-refractivity contribution in [3.8, 4) is 0 Å². The summed E-state index contributed by atoms with van der Waals surface area (Å²) in [5, 5.41) is 4.88. The number of amides is 4. The average molecular weight is 673 g/mol. The Morgan fingerprint density at radius 1 is 0.755 bits per heavy atom. The average Bonchev–Trinajstić information content (AvgIpc) is 3.89. The van der Waals surface area contributed by atoms with E-state index in [2.05, 4.69) is 5.32 Å². The van der Waals surface area contributed by atoms with Crippen LogP contribution in [0, 0.1) is 0 Å². The molecule has 3 aromatic rings. The molecule has 4 amide bonds. The fraction of sp³-hybridized carbons (Fsp3) is 0.487. The smallest absolute Gasteiger partial charge is 0.408 e. The Morgan fingerprint density at radius 2 is 1.35 bits per heavy atom. The molecule has 1 aliphatic carbocycles. The highest BCUT2D eigenvalue weighted by Crippen LogP contribution is 2.27. The predicted octanol–water partition coefficient (Wildman–Crippen LogP) is 5.22. The maximum absolute atomic E-state index is 14.5. The van der Waals surface area contributed by atoms with Gasteiger partial charge in [-0.05, 0) is 69.4 Å². The van der Waals surface area contributed by atoms with Crippen LogP contribution in [-0.4, -0.2) is 102 Å². The van der Waals surface area contributed by atoms with Crippen molar-refractivity contribution in [2.75, 3.05) is 34.4 Å². The monoisotopic (exact) mass is 672 g/mol. The summed E-state index contributed by atoms with van der Waals surface area (Å²) in [6.45, 7) is 8.62. The van der Waals surface area contributed by atoms with Crippen molar-refractivity contribution < 1.29 is 28.7 Å². The molecule has 2 atom stereocenters. The molecule has 10 nitrogen and oxygen atoms in total. The lowest BCUT2D eigenvalue weighted by atomic mass is 9.98. The molecule has 0 saturated heterocycles. The molecular weight excluding hydrogens is 620 g/mol. The van der Waals surface area contributed by atoms with E-state index in [9.17, 15) is 19.2 Å².